The molecule has 0 radical (unpaired) electrons. The molecule has 2 aromatic carbocycles. The van der Waals surface area contributed by atoms with Crippen molar-refractivity contribution >= 4 is 11.6 Å². The second-order valence-corrected chi connectivity index (χ2v) is 7.19. The van der Waals surface area contributed by atoms with Gasteiger partial charge in [-0.05, 0) is 41.3 Å². The Kier molecular flexibility index (Phi) is 5.08. The molecular weight excluding hydrogens is 278 g/mol. The number of hydrogen-bond donors (Lipinski definition) is 0. The second-order valence-electron chi connectivity index (χ2n) is 6.75. The molecule has 0 aliphatic rings. The number of rotatable bonds is 4. The van der Waals surface area contributed by atoms with Gasteiger partial charge in [-0.3, -0.25) is 4.90 Å². The lowest BCUT2D eigenvalue weighted by atomic mass is 9.87. The fourth-order valence-electron chi connectivity index (χ4n) is 2.42. The van der Waals surface area contributed by atoms with Gasteiger partial charge in [0.1, 0.15) is 0 Å². The normalized spacial score (nSPS) is 11.9. The van der Waals surface area contributed by atoms with Gasteiger partial charge in [-0.2, -0.15) is 0 Å². The number of nitrogens with zero attached hydrogens (tertiary/aromatic N) is 1. The first-order chi connectivity index (χ1) is 9.84. The van der Waals surface area contributed by atoms with Crippen LogP contribution < -0.4 is 0 Å². The van der Waals surface area contributed by atoms with E-state index in [1.54, 1.807) is 0 Å². The average molecular weight is 302 g/mol. The maximum absolute atomic E-state index is 6.03. The quantitative estimate of drug-likeness (QED) is 0.743. The molecule has 2 aromatic rings. The van der Waals surface area contributed by atoms with E-state index in [2.05, 4.69) is 63.1 Å². The Morgan fingerprint density at radius 1 is 0.905 bits per heavy atom. The first-order valence-corrected chi connectivity index (χ1v) is 7.75. The van der Waals surface area contributed by atoms with Crippen LogP contribution in [-0.4, -0.2) is 11.9 Å². The van der Waals surface area contributed by atoms with Crippen molar-refractivity contribution in [3.63, 3.8) is 0 Å². The lowest BCUT2D eigenvalue weighted by molar-refractivity contribution is 0.319. The van der Waals surface area contributed by atoms with Gasteiger partial charge in [0, 0.05) is 18.1 Å². The molecule has 0 saturated carbocycles. The summed E-state index contributed by atoms with van der Waals surface area (Å²) in [6.07, 6.45) is 0. The van der Waals surface area contributed by atoms with Crippen LogP contribution in [-0.2, 0) is 18.5 Å². The Hall–Kier alpha value is -1.31. The fraction of sp³-hybridized carbons (Fsp3) is 0.368. The van der Waals surface area contributed by atoms with Crippen LogP contribution in [0.1, 0.15) is 37.5 Å². The zero-order chi connectivity index (χ0) is 15.5. The van der Waals surface area contributed by atoms with Gasteiger partial charge in [0.15, 0.2) is 0 Å². The minimum Gasteiger partial charge on any atom is -0.298 e. The Bertz CT molecular complexity index is 581. The largest absolute Gasteiger partial charge is 0.298 e. The third kappa shape index (κ3) is 4.87. The summed E-state index contributed by atoms with van der Waals surface area (Å²) in [4.78, 5) is 2.30. The standard InChI is InChI=1S/C19H24ClN/c1-19(2,3)17-10-8-15(9-11-17)13-21(4)14-16-6-5-7-18(20)12-16/h5-12H,13-14H2,1-4H3. The van der Waals surface area contributed by atoms with Crippen molar-refractivity contribution in [1.82, 2.24) is 4.90 Å². The van der Waals surface area contributed by atoms with Crippen molar-refractivity contribution in [1.29, 1.82) is 0 Å². The van der Waals surface area contributed by atoms with Crippen LogP contribution in [0.25, 0.3) is 0 Å². The molecule has 0 bridgehead atoms. The summed E-state index contributed by atoms with van der Waals surface area (Å²) in [5.41, 5.74) is 4.18. The van der Waals surface area contributed by atoms with Crippen molar-refractivity contribution in [2.24, 2.45) is 0 Å². The highest BCUT2D eigenvalue weighted by Gasteiger charge is 2.13. The molecular formula is C19H24ClN. The third-order valence-corrected chi connectivity index (χ3v) is 3.85. The summed E-state index contributed by atoms with van der Waals surface area (Å²) in [5, 5.41) is 0.801. The summed E-state index contributed by atoms with van der Waals surface area (Å²) in [7, 11) is 2.14. The van der Waals surface area contributed by atoms with Crippen LogP contribution in [0.3, 0.4) is 0 Å². The highest BCUT2D eigenvalue weighted by Crippen LogP contribution is 2.22. The van der Waals surface area contributed by atoms with E-state index in [4.69, 9.17) is 11.6 Å². The highest BCUT2D eigenvalue weighted by molar-refractivity contribution is 6.30. The summed E-state index contributed by atoms with van der Waals surface area (Å²) < 4.78 is 0. The molecule has 0 aromatic heterocycles. The second kappa shape index (κ2) is 6.64. The van der Waals surface area contributed by atoms with Crippen molar-refractivity contribution in [2.75, 3.05) is 7.05 Å². The van der Waals surface area contributed by atoms with E-state index in [0.717, 1.165) is 18.1 Å². The summed E-state index contributed by atoms with van der Waals surface area (Å²) >= 11 is 6.03. The van der Waals surface area contributed by atoms with E-state index in [9.17, 15) is 0 Å². The minimum atomic E-state index is 0.214. The van der Waals surface area contributed by atoms with E-state index in [0.29, 0.717) is 0 Å². The van der Waals surface area contributed by atoms with Crippen LogP contribution in [0.4, 0.5) is 0 Å². The van der Waals surface area contributed by atoms with Gasteiger partial charge >= 0.3 is 0 Å². The zero-order valence-corrected chi connectivity index (χ0v) is 14.1. The molecule has 0 N–H and O–H groups in total. The Labute approximate surface area is 133 Å². The first kappa shape index (κ1) is 16.1. The van der Waals surface area contributed by atoms with Crippen LogP contribution in [0, 0.1) is 0 Å². The monoisotopic (exact) mass is 301 g/mol. The molecule has 0 atom stereocenters. The molecule has 2 rings (SSSR count). The molecule has 21 heavy (non-hydrogen) atoms. The number of benzene rings is 2. The van der Waals surface area contributed by atoms with Crippen molar-refractivity contribution < 1.29 is 0 Å². The van der Waals surface area contributed by atoms with Crippen molar-refractivity contribution in [2.45, 2.75) is 39.3 Å². The van der Waals surface area contributed by atoms with Gasteiger partial charge in [0.2, 0.25) is 0 Å². The van der Waals surface area contributed by atoms with E-state index >= 15 is 0 Å². The molecule has 0 aliphatic carbocycles. The smallest absolute Gasteiger partial charge is 0.0409 e. The number of halogens is 1. The predicted molar refractivity (Wildman–Crippen MR) is 91.8 cm³/mol. The minimum absolute atomic E-state index is 0.214. The Morgan fingerprint density at radius 2 is 1.52 bits per heavy atom. The molecule has 0 spiro atoms. The predicted octanol–water partition coefficient (Wildman–Crippen LogP) is 5.27. The van der Waals surface area contributed by atoms with Gasteiger partial charge in [-0.15, -0.1) is 0 Å². The Balaban J connectivity index is 1.98. The summed E-state index contributed by atoms with van der Waals surface area (Å²) in [6, 6.07) is 17.0. The molecule has 0 unspecified atom stereocenters. The average Bonchev–Trinajstić information content (AvgIpc) is 2.38. The van der Waals surface area contributed by atoms with Gasteiger partial charge < -0.3 is 0 Å². The molecule has 1 nitrogen and oxygen atoms in total. The number of hydrogen-bond acceptors (Lipinski definition) is 1. The van der Waals surface area contributed by atoms with Crippen LogP contribution in [0.5, 0.6) is 0 Å². The summed E-state index contributed by atoms with van der Waals surface area (Å²) in [5.74, 6) is 0. The molecule has 0 saturated heterocycles. The molecule has 0 fully saturated rings. The SMILES string of the molecule is CN(Cc1ccc(C(C)(C)C)cc1)Cc1cccc(Cl)c1. The van der Waals surface area contributed by atoms with Gasteiger partial charge in [-0.25, -0.2) is 0 Å². The van der Waals surface area contributed by atoms with Crippen molar-refractivity contribution in [3.05, 3.63) is 70.2 Å². The fourth-order valence-corrected chi connectivity index (χ4v) is 2.64. The summed E-state index contributed by atoms with van der Waals surface area (Å²) in [6.45, 7) is 8.58. The molecule has 0 heterocycles. The zero-order valence-electron chi connectivity index (χ0n) is 13.4. The molecule has 112 valence electrons. The van der Waals surface area contributed by atoms with Gasteiger partial charge in [-0.1, -0.05) is 68.8 Å². The topological polar surface area (TPSA) is 3.24 Å². The van der Waals surface area contributed by atoms with Gasteiger partial charge in [0.25, 0.3) is 0 Å². The highest BCUT2D eigenvalue weighted by atomic mass is 35.5. The van der Waals surface area contributed by atoms with Gasteiger partial charge in [0.05, 0.1) is 0 Å². The molecule has 2 heteroatoms. The van der Waals surface area contributed by atoms with E-state index in [1.165, 1.54) is 16.7 Å². The Morgan fingerprint density at radius 3 is 2.10 bits per heavy atom. The van der Waals surface area contributed by atoms with Crippen LogP contribution in [0.2, 0.25) is 5.02 Å². The third-order valence-electron chi connectivity index (χ3n) is 3.61. The van der Waals surface area contributed by atoms with E-state index < -0.39 is 0 Å². The van der Waals surface area contributed by atoms with Crippen molar-refractivity contribution in [3.8, 4) is 0 Å². The molecule has 0 amide bonds. The van der Waals surface area contributed by atoms with Crippen LogP contribution >= 0.6 is 11.6 Å². The van der Waals surface area contributed by atoms with E-state index in [1.807, 2.05) is 18.2 Å². The van der Waals surface area contributed by atoms with Crippen LogP contribution in [0.15, 0.2) is 48.5 Å². The maximum atomic E-state index is 6.03. The first-order valence-electron chi connectivity index (χ1n) is 7.37. The maximum Gasteiger partial charge on any atom is 0.0409 e. The lowest BCUT2D eigenvalue weighted by Crippen LogP contribution is -2.17. The van der Waals surface area contributed by atoms with E-state index in [-0.39, 0.29) is 5.41 Å². The lowest BCUT2D eigenvalue weighted by Gasteiger charge is -2.21. The molecule has 0 aliphatic heterocycles.